The second-order valence-corrected chi connectivity index (χ2v) is 7.19. The molecule has 0 saturated carbocycles. The SMILES string of the molecule is Cn1nc(C(F)(F)F)cc1[C@H]1CCCCCN1C(=O)C(C)(C)C. The van der Waals surface area contributed by atoms with Crippen LogP contribution in [0.4, 0.5) is 13.2 Å². The smallest absolute Gasteiger partial charge is 0.334 e. The van der Waals surface area contributed by atoms with Gasteiger partial charge in [-0.25, -0.2) is 0 Å². The number of hydrogen-bond donors (Lipinski definition) is 0. The summed E-state index contributed by atoms with van der Waals surface area (Å²) in [5.74, 6) is -0.0286. The molecule has 0 radical (unpaired) electrons. The minimum Gasteiger partial charge on any atom is -0.334 e. The van der Waals surface area contributed by atoms with Crippen molar-refractivity contribution >= 4 is 5.91 Å². The Morgan fingerprint density at radius 3 is 2.39 bits per heavy atom. The van der Waals surface area contributed by atoms with Crippen LogP contribution in [0.3, 0.4) is 0 Å². The molecule has 7 heteroatoms. The van der Waals surface area contributed by atoms with Crippen molar-refractivity contribution in [1.29, 1.82) is 0 Å². The number of carbonyl (C=O) groups excluding carboxylic acids is 1. The van der Waals surface area contributed by atoms with Crippen LogP contribution in [0, 0.1) is 5.41 Å². The second-order valence-electron chi connectivity index (χ2n) is 7.19. The van der Waals surface area contributed by atoms with Crippen LogP contribution in [0.25, 0.3) is 0 Å². The van der Waals surface area contributed by atoms with Crippen molar-refractivity contribution in [3.8, 4) is 0 Å². The Morgan fingerprint density at radius 1 is 1.22 bits per heavy atom. The number of aromatic nitrogens is 2. The maximum Gasteiger partial charge on any atom is 0.435 e. The quantitative estimate of drug-likeness (QED) is 0.782. The third-order valence-electron chi connectivity index (χ3n) is 4.20. The largest absolute Gasteiger partial charge is 0.435 e. The fourth-order valence-electron chi connectivity index (χ4n) is 3.02. The maximum atomic E-state index is 12.9. The van der Waals surface area contributed by atoms with E-state index in [1.54, 1.807) is 4.90 Å². The van der Waals surface area contributed by atoms with Crippen molar-refractivity contribution in [2.75, 3.05) is 6.54 Å². The molecule has 1 aromatic rings. The van der Waals surface area contributed by atoms with Gasteiger partial charge in [0.1, 0.15) is 0 Å². The topological polar surface area (TPSA) is 38.1 Å². The molecule has 0 aliphatic carbocycles. The number of nitrogens with zero attached hydrogens (tertiary/aromatic N) is 3. The Morgan fingerprint density at radius 2 is 1.87 bits per heavy atom. The third-order valence-corrected chi connectivity index (χ3v) is 4.20. The second kappa shape index (κ2) is 6.17. The first-order valence-electron chi connectivity index (χ1n) is 7.94. The summed E-state index contributed by atoms with van der Waals surface area (Å²) in [4.78, 5) is 14.5. The van der Waals surface area contributed by atoms with Gasteiger partial charge in [-0.1, -0.05) is 33.6 Å². The average Bonchev–Trinajstić information content (AvgIpc) is 2.66. The average molecular weight is 331 g/mol. The number of hydrogen-bond acceptors (Lipinski definition) is 2. The van der Waals surface area contributed by atoms with E-state index in [4.69, 9.17) is 0 Å². The Balaban J connectivity index is 2.40. The Kier molecular flexibility index (Phi) is 4.78. The van der Waals surface area contributed by atoms with Gasteiger partial charge in [0.2, 0.25) is 5.91 Å². The molecule has 2 heterocycles. The summed E-state index contributed by atoms with van der Waals surface area (Å²) in [6.45, 7) is 6.08. The zero-order valence-corrected chi connectivity index (χ0v) is 14.1. The fourth-order valence-corrected chi connectivity index (χ4v) is 3.02. The van der Waals surface area contributed by atoms with Crippen LogP contribution in [0.5, 0.6) is 0 Å². The van der Waals surface area contributed by atoms with Crippen LogP contribution in [0.1, 0.15) is 63.9 Å². The summed E-state index contributed by atoms with van der Waals surface area (Å²) in [5, 5.41) is 3.60. The van der Waals surface area contributed by atoms with E-state index in [0.29, 0.717) is 18.7 Å². The first kappa shape index (κ1) is 17.8. The van der Waals surface area contributed by atoms with E-state index >= 15 is 0 Å². The molecule has 1 saturated heterocycles. The molecular weight excluding hydrogens is 307 g/mol. The standard InChI is InChI=1S/C16H24F3N3O/c1-15(2,3)14(23)22-9-7-5-6-8-11(22)12-10-13(16(17,18)19)20-21(12)4/h10-11H,5-9H2,1-4H3/t11-/m1/s1. The highest BCUT2D eigenvalue weighted by atomic mass is 19.4. The summed E-state index contributed by atoms with van der Waals surface area (Å²) >= 11 is 0. The maximum absolute atomic E-state index is 12.9. The van der Waals surface area contributed by atoms with Crippen LogP contribution < -0.4 is 0 Å². The highest BCUT2D eigenvalue weighted by Gasteiger charge is 2.38. The molecule has 1 aromatic heterocycles. The highest BCUT2D eigenvalue weighted by molar-refractivity contribution is 5.82. The lowest BCUT2D eigenvalue weighted by Gasteiger charge is -2.35. The lowest BCUT2D eigenvalue weighted by molar-refractivity contribution is -0.142. The van der Waals surface area contributed by atoms with E-state index in [9.17, 15) is 18.0 Å². The van der Waals surface area contributed by atoms with Gasteiger partial charge in [-0.05, 0) is 18.9 Å². The Hall–Kier alpha value is -1.53. The van der Waals surface area contributed by atoms with E-state index in [2.05, 4.69) is 5.10 Å². The van der Waals surface area contributed by atoms with E-state index in [1.807, 2.05) is 20.8 Å². The van der Waals surface area contributed by atoms with Gasteiger partial charge in [0.15, 0.2) is 5.69 Å². The Labute approximate surface area is 134 Å². The molecule has 1 aliphatic rings. The third kappa shape index (κ3) is 3.87. The van der Waals surface area contributed by atoms with Crippen LogP contribution in [0.2, 0.25) is 0 Å². The molecule has 0 aromatic carbocycles. The zero-order chi connectivity index (χ0) is 17.4. The molecule has 0 spiro atoms. The van der Waals surface area contributed by atoms with Gasteiger partial charge in [0.25, 0.3) is 0 Å². The normalized spacial score (nSPS) is 20.5. The molecule has 1 atom stereocenters. The number of amides is 1. The number of rotatable bonds is 1. The number of likely N-dealkylation sites (tertiary alicyclic amines) is 1. The lowest BCUT2D eigenvalue weighted by atomic mass is 9.93. The molecule has 1 fully saturated rings. The highest BCUT2D eigenvalue weighted by Crippen LogP contribution is 2.36. The van der Waals surface area contributed by atoms with Crippen molar-refractivity contribution in [2.24, 2.45) is 12.5 Å². The van der Waals surface area contributed by atoms with Crippen LogP contribution in [-0.2, 0) is 18.0 Å². The van der Waals surface area contributed by atoms with Gasteiger partial charge in [-0.2, -0.15) is 18.3 Å². The minimum absolute atomic E-state index is 0.0286. The van der Waals surface area contributed by atoms with E-state index in [1.165, 1.54) is 11.7 Å². The van der Waals surface area contributed by atoms with E-state index < -0.39 is 17.3 Å². The van der Waals surface area contributed by atoms with Crippen molar-refractivity contribution in [1.82, 2.24) is 14.7 Å². The molecular formula is C16H24F3N3O. The van der Waals surface area contributed by atoms with Gasteiger partial charge in [0.05, 0.1) is 11.7 Å². The molecule has 23 heavy (non-hydrogen) atoms. The first-order chi connectivity index (χ1) is 10.5. The molecule has 2 rings (SSSR count). The van der Waals surface area contributed by atoms with E-state index in [-0.39, 0.29) is 11.9 Å². The predicted octanol–water partition coefficient (Wildman–Crippen LogP) is 3.93. The van der Waals surface area contributed by atoms with E-state index in [0.717, 1.165) is 25.3 Å². The molecule has 0 unspecified atom stereocenters. The molecule has 1 aliphatic heterocycles. The lowest BCUT2D eigenvalue weighted by Crippen LogP contribution is -2.42. The first-order valence-corrected chi connectivity index (χ1v) is 7.94. The molecule has 0 N–H and O–H groups in total. The Bertz CT molecular complexity index is 572. The summed E-state index contributed by atoms with van der Waals surface area (Å²) in [7, 11) is 1.51. The monoisotopic (exact) mass is 331 g/mol. The van der Waals surface area contributed by atoms with Crippen molar-refractivity contribution in [3.63, 3.8) is 0 Å². The molecule has 0 bridgehead atoms. The summed E-state index contributed by atoms with van der Waals surface area (Å²) in [5.41, 5.74) is -1.01. The van der Waals surface area contributed by atoms with Crippen LogP contribution in [0.15, 0.2) is 6.07 Å². The van der Waals surface area contributed by atoms with Crippen molar-refractivity contribution in [2.45, 2.75) is 58.7 Å². The van der Waals surface area contributed by atoms with Gasteiger partial charge in [-0.3, -0.25) is 9.48 Å². The molecule has 4 nitrogen and oxygen atoms in total. The number of alkyl halides is 3. The summed E-state index contributed by atoms with van der Waals surface area (Å²) < 4.78 is 40.0. The van der Waals surface area contributed by atoms with Gasteiger partial charge >= 0.3 is 6.18 Å². The number of carbonyl (C=O) groups is 1. The number of aryl methyl sites for hydroxylation is 1. The molecule has 1 amide bonds. The van der Waals surface area contributed by atoms with Crippen molar-refractivity contribution in [3.05, 3.63) is 17.5 Å². The summed E-state index contributed by atoms with van der Waals surface area (Å²) in [6, 6.07) is 0.733. The van der Waals surface area contributed by atoms with Gasteiger partial charge in [0, 0.05) is 19.0 Å². The van der Waals surface area contributed by atoms with Crippen LogP contribution >= 0.6 is 0 Å². The van der Waals surface area contributed by atoms with Crippen LogP contribution in [-0.4, -0.2) is 27.1 Å². The molecule has 130 valence electrons. The van der Waals surface area contributed by atoms with Gasteiger partial charge < -0.3 is 4.90 Å². The summed E-state index contributed by atoms with van der Waals surface area (Å²) in [6.07, 6.45) is -1.06. The van der Waals surface area contributed by atoms with Gasteiger partial charge in [-0.15, -0.1) is 0 Å². The minimum atomic E-state index is -4.47. The number of halogens is 3. The fraction of sp³-hybridized carbons (Fsp3) is 0.750. The zero-order valence-electron chi connectivity index (χ0n) is 14.1. The predicted molar refractivity (Wildman–Crippen MR) is 80.6 cm³/mol. The van der Waals surface area contributed by atoms with Crippen molar-refractivity contribution < 1.29 is 18.0 Å².